The van der Waals surface area contributed by atoms with Crippen LogP contribution >= 0.6 is 11.6 Å². The zero-order valence-electron chi connectivity index (χ0n) is 24.0. The Labute approximate surface area is 239 Å². The molecule has 0 N–H and O–H groups in total. The molecule has 3 heterocycles. The van der Waals surface area contributed by atoms with Crippen LogP contribution in [-0.4, -0.2) is 69.8 Å². The van der Waals surface area contributed by atoms with Gasteiger partial charge in [0.2, 0.25) is 0 Å². The summed E-state index contributed by atoms with van der Waals surface area (Å²) in [6.07, 6.45) is 5.84. The highest BCUT2D eigenvalue weighted by Crippen LogP contribution is 2.28. The molecule has 0 saturated carbocycles. The summed E-state index contributed by atoms with van der Waals surface area (Å²) in [5.74, 6) is 0.784. The minimum Gasteiger partial charge on any atom is -0.361 e. The highest BCUT2D eigenvalue weighted by molar-refractivity contribution is 6.76. The van der Waals surface area contributed by atoms with E-state index in [9.17, 15) is 0 Å². The fourth-order valence-corrected chi connectivity index (χ4v) is 5.67. The summed E-state index contributed by atoms with van der Waals surface area (Å²) in [5.41, 5.74) is 3.54. The van der Waals surface area contributed by atoms with E-state index in [1.54, 1.807) is 0 Å². The molecule has 0 radical (unpaired) electrons. The maximum atomic E-state index is 6.57. The number of aliphatic imine (C=N–C) groups is 1. The third-order valence-electron chi connectivity index (χ3n) is 6.40. The molecule has 0 bridgehead atoms. The zero-order chi connectivity index (χ0) is 28.0. The second kappa shape index (κ2) is 12.8. The number of aromatic nitrogens is 3. The zero-order valence-corrected chi connectivity index (χ0v) is 26.8. The Bertz CT molecular complexity index is 1280. The third kappa shape index (κ3) is 8.49. The van der Waals surface area contributed by atoms with Gasteiger partial charge in [0.25, 0.3) is 0 Å². The average molecular weight is 585 g/mol. The van der Waals surface area contributed by atoms with E-state index in [-0.39, 0.29) is 0 Å². The first-order valence-corrected chi connectivity index (χ1v) is 21.3. The molecule has 2 aromatic heterocycles. The van der Waals surface area contributed by atoms with Crippen LogP contribution in [0.25, 0.3) is 5.65 Å². The predicted octanol–water partition coefficient (Wildman–Crippen LogP) is 6.59. The lowest BCUT2D eigenvalue weighted by Gasteiger charge is -2.26. The lowest BCUT2D eigenvalue weighted by atomic mass is 10.1. The van der Waals surface area contributed by atoms with Crippen LogP contribution in [-0.2, 0) is 9.47 Å². The topological polar surface area (TPSA) is 67.5 Å². The Hall–Kier alpha value is -2.51. The van der Waals surface area contributed by atoms with E-state index in [0.717, 1.165) is 34.9 Å². The van der Waals surface area contributed by atoms with Crippen molar-refractivity contribution in [2.24, 2.45) is 4.99 Å². The highest BCUT2D eigenvalue weighted by Gasteiger charge is 2.21. The Morgan fingerprint density at radius 3 is 2.15 bits per heavy atom. The van der Waals surface area contributed by atoms with Crippen molar-refractivity contribution in [3.8, 4) is 0 Å². The van der Waals surface area contributed by atoms with Crippen LogP contribution < -0.4 is 9.80 Å². The number of anilines is 2. The summed E-state index contributed by atoms with van der Waals surface area (Å²) in [6, 6.07) is 14.2. The number of fused-ring (bicyclic) bond motifs is 1. The Morgan fingerprint density at radius 1 is 0.949 bits per heavy atom. The second-order valence-electron chi connectivity index (χ2n) is 12.3. The average Bonchev–Trinajstić information content (AvgIpc) is 3.30. The molecule has 11 heteroatoms. The summed E-state index contributed by atoms with van der Waals surface area (Å²) in [7, 11) is -2.39. The molecule has 0 fully saturated rings. The molecule has 0 spiro atoms. The largest absolute Gasteiger partial charge is 0.361 e. The first kappa shape index (κ1) is 29.5. The van der Waals surface area contributed by atoms with E-state index < -0.39 is 16.1 Å². The molecule has 0 amide bonds. The molecule has 8 nitrogen and oxygen atoms in total. The molecule has 3 aromatic rings. The molecular weight excluding hydrogens is 544 g/mol. The summed E-state index contributed by atoms with van der Waals surface area (Å²) < 4.78 is 14.1. The van der Waals surface area contributed by atoms with Gasteiger partial charge in [-0.1, -0.05) is 81.2 Å². The molecule has 0 aliphatic carbocycles. The quantitative estimate of drug-likeness (QED) is 0.0976. The third-order valence-corrected chi connectivity index (χ3v) is 10.0. The first-order chi connectivity index (χ1) is 18.5. The van der Waals surface area contributed by atoms with Crippen LogP contribution in [0.15, 0.2) is 59.9 Å². The molecule has 0 saturated heterocycles. The standard InChI is InChI=1S/C28H41ClN6O2Si2/c1-38(2,3)16-14-36-21-34(22-37-15-17-39(4,5)6)27-18-26(29)32-28-25(19-31-35(27)28)33-13-12-24(30-20-33)23-10-8-7-9-11-23/h7-13,18-19H,14-17,20-22H2,1-6H3. The minimum absolute atomic E-state index is 0.385. The number of benzene rings is 1. The van der Waals surface area contributed by atoms with Crippen molar-refractivity contribution in [3.05, 3.63) is 65.6 Å². The molecule has 0 atom stereocenters. The van der Waals surface area contributed by atoms with Gasteiger partial charge in [0.05, 0.1) is 11.9 Å². The van der Waals surface area contributed by atoms with Gasteiger partial charge < -0.3 is 19.3 Å². The van der Waals surface area contributed by atoms with Crippen LogP contribution in [0.3, 0.4) is 0 Å². The number of allylic oxidation sites excluding steroid dienone is 1. The van der Waals surface area contributed by atoms with E-state index in [4.69, 9.17) is 31.2 Å². The lowest BCUT2D eigenvalue weighted by Crippen LogP contribution is -2.33. The van der Waals surface area contributed by atoms with Crippen LogP contribution in [0.5, 0.6) is 0 Å². The molecule has 4 rings (SSSR count). The van der Waals surface area contributed by atoms with Crippen molar-refractivity contribution in [3.63, 3.8) is 0 Å². The lowest BCUT2D eigenvalue weighted by molar-refractivity contribution is 0.0942. The van der Waals surface area contributed by atoms with E-state index >= 15 is 0 Å². The predicted molar refractivity (Wildman–Crippen MR) is 168 cm³/mol. The number of nitrogens with zero attached hydrogens (tertiary/aromatic N) is 6. The molecule has 0 unspecified atom stereocenters. The van der Waals surface area contributed by atoms with Crippen molar-refractivity contribution in [1.29, 1.82) is 0 Å². The number of hydrogen-bond donors (Lipinski definition) is 0. The molecule has 1 aromatic carbocycles. The fourth-order valence-electron chi connectivity index (χ4n) is 3.98. The molecule has 1 aliphatic rings. The van der Waals surface area contributed by atoms with Gasteiger partial charge in [0.1, 0.15) is 36.8 Å². The van der Waals surface area contributed by atoms with Crippen LogP contribution in [0.1, 0.15) is 5.56 Å². The maximum absolute atomic E-state index is 6.57. The monoisotopic (exact) mass is 584 g/mol. The summed E-state index contributed by atoms with van der Waals surface area (Å²) in [5, 5.41) is 5.09. The van der Waals surface area contributed by atoms with Crippen molar-refractivity contribution >= 4 is 50.6 Å². The highest BCUT2D eigenvalue weighted by atomic mass is 35.5. The van der Waals surface area contributed by atoms with Crippen LogP contribution in [0.4, 0.5) is 11.5 Å². The van der Waals surface area contributed by atoms with E-state index in [1.165, 1.54) is 0 Å². The molecule has 210 valence electrons. The summed E-state index contributed by atoms with van der Waals surface area (Å²) >= 11 is 6.57. The van der Waals surface area contributed by atoms with Gasteiger partial charge in [-0.25, -0.2) is 4.98 Å². The molecular formula is C28H41ClN6O2Si2. The van der Waals surface area contributed by atoms with Crippen LogP contribution in [0.2, 0.25) is 56.5 Å². The Morgan fingerprint density at radius 2 is 1.59 bits per heavy atom. The molecule has 39 heavy (non-hydrogen) atoms. The number of ether oxygens (including phenoxy) is 2. The SMILES string of the molecule is C[Si](C)(C)CCOCN(COCC[Si](C)(C)C)c1cc(Cl)nc2c(N3C=CC(c4ccccc4)=NC3)cnn12. The Kier molecular flexibility index (Phi) is 9.66. The number of hydrogen-bond acceptors (Lipinski definition) is 7. The van der Waals surface area contributed by atoms with Gasteiger partial charge in [-0.05, 0) is 23.7 Å². The minimum atomic E-state index is -1.20. The van der Waals surface area contributed by atoms with Gasteiger partial charge in [0, 0.05) is 41.6 Å². The second-order valence-corrected chi connectivity index (χ2v) is 23.9. The van der Waals surface area contributed by atoms with Gasteiger partial charge in [0.15, 0.2) is 5.65 Å². The number of rotatable bonds is 13. The Balaban J connectivity index is 1.55. The first-order valence-electron chi connectivity index (χ1n) is 13.5. The van der Waals surface area contributed by atoms with E-state index in [1.807, 2.05) is 57.1 Å². The van der Waals surface area contributed by atoms with Gasteiger partial charge in [-0.3, -0.25) is 4.99 Å². The maximum Gasteiger partial charge on any atom is 0.182 e. The summed E-state index contributed by atoms with van der Waals surface area (Å²) in [6.45, 7) is 16.8. The summed E-state index contributed by atoms with van der Waals surface area (Å²) in [4.78, 5) is 13.5. The van der Waals surface area contributed by atoms with Gasteiger partial charge in [-0.15, -0.1) is 0 Å². The van der Waals surface area contributed by atoms with Gasteiger partial charge >= 0.3 is 0 Å². The van der Waals surface area contributed by atoms with Crippen LogP contribution in [0, 0.1) is 0 Å². The van der Waals surface area contributed by atoms with Gasteiger partial charge in [-0.2, -0.15) is 9.61 Å². The smallest absolute Gasteiger partial charge is 0.182 e. The number of halogens is 1. The van der Waals surface area contributed by atoms with E-state index in [2.05, 4.69) is 56.4 Å². The normalized spacial score (nSPS) is 14.2. The fraction of sp³-hybridized carbons (Fsp3) is 0.464. The van der Waals surface area contributed by atoms with Crippen molar-refractivity contribution < 1.29 is 9.47 Å². The van der Waals surface area contributed by atoms with Crippen molar-refractivity contribution in [2.75, 3.05) is 43.1 Å². The van der Waals surface area contributed by atoms with Crippen molar-refractivity contribution in [1.82, 2.24) is 14.6 Å². The molecule has 1 aliphatic heterocycles. The van der Waals surface area contributed by atoms with E-state index in [0.29, 0.717) is 44.1 Å². The van der Waals surface area contributed by atoms with Crippen molar-refractivity contribution in [2.45, 2.75) is 51.4 Å².